The number of aromatic nitrogens is 2. The second-order valence-electron chi connectivity index (χ2n) is 6.08. The lowest BCUT2D eigenvalue weighted by Gasteiger charge is -2.09. The summed E-state index contributed by atoms with van der Waals surface area (Å²) in [5.74, 6) is 0.258. The predicted octanol–water partition coefficient (Wildman–Crippen LogP) is 6.13. The summed E-state index contributed by atoms with van der Waals surface area (Å²) < 4.78 is 1.57. The molecule has 0 saturated carbocycles. The van der Waals surface area contributed by atoms with Gasteiger partial charge in [0.05, 0.1) is 37.2 Å². The molecule has 3 aromatic carbocycles. The van der Waals surface area contributed by atoms with Crippen LogP contribution in [0.1, 0.15) is 15.9 Å². The van der Waals surface area contributed by atoms with Gasteiger partial charge in [0.2, 0.25) is 0 Å². The molecular weight excluding hydrogens is 379 g/mol. The molecule has 0 amide bonds. The maximum absolute atomic E-state index is 13.1. The first-order chi connectivity index (χ1) is 12.0. The third kappa shape index (κ3) is 1.83. The smallest absolute Gasteiger partial charge is 0.266 e. The normalized spacial score (nSPS) is 12.9. The van der Waals surface area contributed by atoms with E-state index in [-0.39, 0.29) is 10.9 Å². The Labute approximate surface area is 157 Å². The molecule has 1 aromatic heterocycles. The molecule has 0 radical (unpaired) electrons. The lowest BCUT2D eigenvalue weighted by atomic mass is 10.0. The number of hydrogen-bond acceptors (Lipinski definition) is 2. The van der Waals surface area contributed by atoms with Crippen LogP contribution in [0.25, 0.3) is 33.2 Å². The number of imidazole rings is 1. The molecule has 0 fully saturated rings. The van der Waals surface area contributed by atoms with Crippen molar-refractivity contribution in [2.24, 2.45) is 0 Å². The molecule has 0 N–H and O–H groups in total. The summed E-state index contributed by atoms with van der Waals surface area (Å²) >= 11 is 19.1. The first-order valence-corrected chi connectivity index (χ1v) is 8.76. The fraction of sp³-hybridized carbons (Fsp3) is 0.0526. The Kier molecular flexibility index (Phi) is 3.03. The molecule has 1 aliphatic rings. The van der Waals surface area contributed by atoms with Crippen LogP contribution >= 0.6 is 34.8 Å². The number of benzene rings is 3. The minimum atomic E-state index is -0.253. The number of carbonyl (C=O) groups excluding carboxylic acids is 1. The van der Waals surface area contributed by atoms with Gasteiger partial charge < -0.3 is 0 Å². The van der Waals surface area contributed by atoms with Crippen LogP contribution in [0.5, 0.6) is 0 Å². The number of nitrogens with zero attached hydrogens (tertiary/aromatic N) is 2. The number of carbonyl (C=O) groups is 1. The van der Waals surface area contributed by atoms with Crippen LogP contribution in [0, 0.1) is 6.92 Å². The molecule has 4 aromatic rings. The molecular formula is C19H9Cl3N2O. The Morgan fingerprint density at radius 1 is 0.920 bits per heavy atom. The maximum Gasteiger partial charge on any atom is 0.266 e. The highest BCUT2D eigenvalue weighted by Crippen LogP contribution is 2.47. The first kappa shape index (κ1) is 15.2. The van der Waals surface area contributed by atoms with Gasteiger partial charge in [-0.3, -0.25) is 9.36 Å². The van der Waals surface area contributed by atoms with Gasteiger partial charge in [-0.25, -0.2) is 4.98 Å². The number of rotatable bonds is 0. The van der Waals surface area contributed by atoms with Crippen molar-refractivity contribution in [3.8, 4) is 11.4 Å². The van der Waals surface area contributed by atoms with E-state index < -0.39 is 0 Å². The van der Waals surface area contributed by atoms with E-state index in [9.17, 15) is 4.79 Å². The lowest BCUT2D eigenvalue weighted by Crippen LogP contribution is -2.06. The van der Waals surface area contributed by atoms with Crippen LogP contribution in [0.3, 0.4) is 0 Å². The molecule has 2 heterocycles. The third-order valence-electron chi connectivity index (χ3n) is 4.70. The summed E-state index contributed by atoms with van der Waals surface area (Å²) in [4.78, 5) is 17.7. The van der Waals surface area contributed by atoms with Gasteiger partial charge >= 0.3 is 0 Å². The Morgan fingerprint density at radius 3 is 2.32 bits per heavy atom. The minimum Gasteiger partial charge on any atom is -0.268 e. The SMILES string of the molecule is Cc1c(Cl)c(Cl)c2c(c1Cl)-c1nc3cc4ccccc4cc3n1C2=O. The summed E-state index contributed by atoms with van der Waals surface area (Å²) in [6.07, 6.45) is 0. The van der Waals surface area contributed by atoms with E-state index in [1.807, 2.05) is 36.4 Å². The largest absolute Gasteiger partial charge is 0.268 e. The van der Waals surface area contributed by atoms with Crippen molar-refractivity contribution in [1.82, 2.24) is 9.55 Å². The Hall–Kier alpha value is -2.07. The van der Waals surface area contributed by atoms with Crippen LogP contribution < -0.4 is 0 Å². The highest BCUT2D eigenvalue weighted by molar-refractivity contribution is 6.48. The highest BCUT2D eigenvalue weighted by Gasteiger charge is 2.36. The molecule has 0 unspecified atom stereocenters. The van der Waals surface area contributed by atoms with Crippen molar-refractivity contribution in [2.75, 3.05) is 0 Å². The van der Waals surface area contributed by atoms with E-state index >= 15 is 0 Å². The van der Waals surface area contributed by atoms with Gasteiger partial charge in [-0.1, -0.05) is 59.1 Å². The number of fused-ring (bicyclic) bond motifs is 6. The zero-order valence-corrected chi connectivity index (χ0v) is 15.2. The quantitative estimate of drug-likeness (QED) is 0.300. The first-order valence-electron chi connectivity index (χ1n) is 7.62. The predicted molar refractivity (Wildman–Crippen MR) is 102 cm³/mol. The summed E-state index contributed by atoms with van der Waals surface area (Å²) in [7, 11) is 0. The van der Waals surface area contributed by atoms with Gasteiger partial charge in [0, 0.05) is 0 Å². The molecule has 0 aliphatic carbocycles. The van der Waals surface area contributed by atoms with Crippen molar-refractivity contribution in [1.29, 1.82) is 0 Å². The van der Waals surface area contributed by atoms with E-state index in [1.54, 1.807) is 11.5 Å². The van der Waals surface area contributed by atoms with Gasteiger partial charge in [0.25, 0.3) is 5.91 Å². The molecule has 0 spiro atoms. The Morgan fingerprint density at radius 2 is 1.60 bits per heavy atom. The van der Waals surface area contributed by atoms with Crippen LogP contribution in [0.2, 0.25) is 15.1 Å². The van der Waals surface area contributed by atoms with Crippen LogP contribution in [0.15, 0.2) is 36.4 Å². The topological polar surface area (TPSA) is 34.9 Å². The highest BCUT2D eigenvalue weighted by atomic mass is 35.5. The van der Waals surface area contributed by atoms with Gasteiger partial charge in [0.1, 0.15) is 0 Å². The summed E-state index contributed by atoms with van der Waals surface area (Å²) in [6.45, 7) is 1.78. The van der Waals surface area contributed by atoms with Crippen LogP contribution in [-0.2, 0) is 0 Å². The summed E-state index contributed by atoms with van der Waals surface area (Å²) in [5.41, 5.74) is 2.99. The average molecular weight is 388 g/mol. The van der Waals surface area contributed by atoms with Crippen molar-refractivity contribution in [2.45, 2.75) is 6.92 Å². The number of hydrogen-bond donors (Lipinski definition) is 0. The van der Waals surface area contributed by atoms with E-state index in [0.717, 1.165) is 21.8 Å². The molecule has 25 heavy (non-hydrogen) atoms. The zero-order chi connectivity index (χ0) is 17.5. The van der Waals surface area contributed by atoms with Gasteiger partial charge in [-0.05, 0) is 35.4 Å². The van der Waals surface area contributed by atoms with Crippen LogP contribution in [-0.4, -0.2) is 15.5 Å². The van der Waals surface area contributed by atoms with Crippen molar-refractivity contribution in [3.63, 3.8) is 0 Å². The fourth-order valence-corrected chi connectivity index (χ4v) is 4.26. The Balaban J connectivity index is 1.95. The molecule has 5 rings (SSSR count). The fourth-order valence-electron chi connectivity index (χ4n) is 3.44. The second kappa shape index (κ2) is 4.98. The zero-order valence-electron chi connectivity index (χ0n) is 12.9. The third-order valence-corrected chi connectivity index (χ3v) is 6.12. The van der Waals surface area contributed by atoms with Gasteiger partial charge in [0.15, 0.2) is 5.82 Å². The van der Waals surface area contributed by atoms with Crippen molar-refractivity contribution >= 4 is 62.5 Å². The number of halogens is 3. The summed E-state index contributed by atoms with van der Waals surface area (Å²) in [5, 5.41) is 3.04. The molecule has 6 heteroatoms. The van der Waals surface area contributed by atoms with E-state index in [0.29, 0.717) is 32.6 Å². The summed E-state index contributed by atoms with van der Waals surface area (Å²) in [6, 6.07) is 11.9. The molecule has 1 aliphatic heterocycles. The van der Waals surface area contributed by atoms with Crippen molar-refractivity contribution < 1.29 is 4.79 Å². The van der Waals surface area contributed by atoms with Gasteiger partial charge in [-0.2, -0.15) is 0 Å². The Bertz CT molecular complexity index is 1260. The standard InChI is InChI=1S/C19H9Cl3N2O/c1-8-15(20)13-14(17(22)16(8)21)19(25)24-12-7-10-5-3-2-4-9(10)6-11(12)23-18(13)24/h2-7H,1H3. The molecule has 3 nitrogen and oxygen atoms in total. The molecule has 0 bridgehead atoms. The maximum atomic E-state index is 13.1. The molecule has 0 atom stereocenters. The average Bonchev–Trinajstić information content (AvgIpc) is 3.11. The van der Waals surface area contributed by atoms with E-state index in [2.05, 4.69) is 4.98 Å². The lowest BCUT2D eigenvalue weighted by molar-refractivity contribution is 0.0973. The van der Waals surface area contributed by atoms with E-state index in [4.69, 9.17) is 34.8 Å². The minimum absolute atomic E-state index is 0.225. The van der Waals surface area contributed by atoms with Crippen molar-refractivity contribution in [3.05, 3.63) is 62.6 Å². The monoisotopic (exact) mass is 386 g/mol. The molecule has 0 saturated heterocycles. The van der Waals surface area contributed by atoms with Gasteiger partial charge in [-0.15, -0.1) is 0 Å². The molecule has 122 valence electrons. The van der Waals surface area contributed by atoms with E-state index in [1.165, 1.54) is 0 Å². The second-order valence-corrected chi connectivity index (χ2v) is 7.21. The van der Waals surface area contributed by atoms with Crippen LogP contribution in [0.4, 0.5) is 0 Å².